The van der Waals surface area contributed by atoms with E-state index >= 15 is 0 Å². The average molecular weight is 296 g/mol. The quantitative estimate of drug-likeness (QED) is 0.878. The van der Waals surface area contributed by atoms with E-state index in [2.05, 4.69) is 23.9 Å². The molecule has 5 heteroatoms. The van der Waals surface area contributed by atoms with Crippen molar-refractivity contribution in [3.05, 3.63) is 23.8 Å². The summed E-state index contributed by atoms with van der Waals surface area (Å²) in [4.78, 5) is 0.429. The number of hydrogen-bond donors (Lipinski definition) is 2. The first-order valence-electron chi connectivity index (χ1n) is 7.28. The summed E-state index contributed by atoms with van der Waals surface area (Å²) < 4.78 is 27.9. The molecule has 20 heavy (non-hydrogen) atoms. The van der Waals surface area contributed by atoms with Crippen LogP contribution in [0.1, 0.15) is 39.2 Å². The van der Waals surface area contributed by atoms with Crippen molar-refractivity contribution in [1.29, 1.82) is 0 Å². The van der Waals surface area contributed by atoms with Gasteiger partial charge in [0.05, 0.1) is 4.90 Å². The van der Waals surface area contributed by atoms with E-state index < -0.39 is 10.0 Å². The van der Waals surface area contributed by atoms with Gasteiger partial charge in [0.1, 0.15) is 0 Å². The van der Waals surface area contributed by atoms with Gasteiger partial charge in [0.25, 0.3) is 0 Å². The molecule has 0 amide bonds. The molecule has 1 aromatic carbocycles. The number of fused-ring (bicyclic) bond motifs is 1. The third-order valence-electron chi connectivity index (χ3n) is 3.52. The van der Waals surface area contributed by atoms with Crippen LogP contribution in [0.2, 0.25) is 0 Å². The Morgan fingerprint density at radius 1 is 1.30 bits per heavy atom. The van der Waals surface area contributed by atoms with Crippen molar-refractivity contribution < 1.29 is 8.42 Å². The first kappa shape index (κ1) is 15.3. The van der Waals surface area contributed by atoms with Gasteiger partial charge in [0.15, 0.2) is 0 Å². The van der Waals surface area contributed by atoms with Crippen molar-refractivity contribution >= 4 is 15.7 Å². The number of benzene rings is 1. The van der Waals surface area contributed by atoms with Crippen LogP contribution in [0.25, 0.3) is 0 Å². The van der Waals surface area contributed by atoms with Crippen molar-refractivity contribution in [2.24, 2.45) is 5.92 Å². The number of rotatable bonds is 5. The highest BCUT2D eigenvalue weighted by molar-refractivity contribution is 7.89. The Kier molecular flexibility index (Phi) is 4.70. The van der Waals surface area contributed by atoms with E-state index in [0.717, 1.165) is 37.1 Å². The van der Waals surface area contributed by atoms with Crippen molar-refractivity contribution in [2.75, 3.05) is 11.9 Å². The van der Waals surface area contributed by atoms with Crippen LogP contribution >= 0.6 is 0 Å². The molecule has 1 heterocycles. The molecule has 0 aliphatic carbocycles. The summed E-state index contributed by atoms with van der Waals surface area (Å²) in [6.07, 6.45) is 2.63. The molecule has 0 saturated carbocycles. The minimum atomic E-state index is -3.44. The smallest absolute Gasteiger partial charge is 0.241 e. The molecule has 0 aromatic heterocycles. The van der Waals surface area contributed by atoms with Crippen LogP contribution in [0.3, 0.4) is 0 Å². The maximum absolute atomic E-state index is 12.6. The summed E-state index contributed by atoms with van der Waals surface area (Å²) >= 11 is 0. The van der Waals surface area contributed by atoms with E-state index in [0.29, 0.717) is 10.8 Å². The first-order valence-corrected chi connectivity index (χ1v) is 8.76. The fourth-order valence-corrected chi connectivity index (χ4v) is 4.36. The van der Waals surface area contributed by atoms with Gasteiger partial charge in [-0.05, 0) is 49.8 Å². The lowest BCUT2D eigenvalue weighted by Crippen LogP contribution is -2.34. The van der Waals surface area contributed by atoms with Crippen molar-refractivity contribution in [3.8, 4) is 0 Å². The zero-order valence-electron chi connectivity index (χ0n) is 12.4. The van der Waals surface area contributed by atoms with Crippen LogP contribution in [0.5, 0.6) is 0 Å². The van der Waals surface area contributed by atoms with Crippen LogP contribution in [-0.2, 0) is 16.4 Å². The molecular formula is C15H24N2O2S. The van der Waals surface area contributed by atoms with Crippen LogP contribution < -0.4 is 10.0 Å². The van der Waals surface area contributed by atoms with Gasteiger partial charge in [0, 0.05) is 18.3 Å². The van der Waals surface area contributed by atoms with Crippen LogP contribution in [-0.4, -0.2) is 21.0 Å². The number of nitrogens with one attached hydrogen (secondary N) is 2. The van der Waals surface area contributed by atoms with E-state index in [1.807, 2.05) is 13.0 Å². The molecule has 1 atom stereocenters. The fourth-order valence-electron chi connectivity index (χ4n) is 2.81. The second-order valence-corrected chi connectivity index (χ2v) is 7.65. The summed E-state index contributed by atoms with van der Waals surface area (Å²) in [5.74, 6) is 0.471. The molecule has 112 valence electrons. The summed E-state index contributed by atoms with van der Waals surface area (Å²) in [7, 11) is -3.44. The van der Waals surface area contributed by atoms with E-state index in [1.54, 1.807) is 12.1 Å². The van der Waals surface area contributed by atoms with Gasteiger partial charge in [-0.25, -0.2) is 13.1 Å². The number of hydrogen-bond acceptors (Lipinski definition) is 3. The fraction of sp³-hybridized carbons (Fsp3) is 0.600. The SMILES string of the molecule is CC(C)CC(C)NS(=O)(=O)c1cccc2c1CCCN2. The Balaban J connectivity index is 2.26. The van der Waals surface area contributed by atoms with E-state index in [1.165, 1.54) is 0 Å². The van der Waals surface area contributed by atoms with Crippen molar-refractivity contribution in [2.45, 2.75) is 51.0 Å². The molecule has 0 spiro atoms. The molecule has 2 N–H and O–H groups in total. The molecule has 2 rings (SSSR count). The maximum atomic E-state index is 12.6. The largest absolute Gasteiger partial charge is 0.385 e. The minimum absolute atomic E-state index is 0.0487. The zero-order valence-corrected chi connectivity index (χ0v) is 13.3. The predicted molar refractivity (Wildman–Crippen MR) is 82.5 cm³/mol. The second-order valence-electron chi connectivity index (χ2n) is 5.96. The molecule has 0 fully saturated rings. The Labute approximate surface area is 122 Å². The monoisotopic (exact) mass is 296 g/mol. The standard InChI is InChI=1S/C15H24N2O2S/c1-11(2)10-12(3)17-20(18,19)15-8-4-7-14-13(15)6-5-9-16-14/h4,7-8,11-12,16-17H,5-6,9-10H2,1-3H3. The molecular weight excluding hydrogens is 272 g/mol. The summed E-state index contributed by atoms with van der Waals surface area (Å²) in [5.41, 5.74) is 1.87. The number of sulfonamides is 1. The lowest BCUT2D eigenvalue weighted by Gasteiger charge is -2.22. The Bertz CT molecular complexity index is 567. The molecule has 4 nitrogen and oxygen atoms in total. The Morgan fingerprint density at radius 3 is 2.75 bits per heavy atom. The third kappa shape index (κ3) is 3.52. The molecule has 1 aliphatic rings. The van der Waals surface area contributed by atoms with E-state index in [4.69, 9.17) is 0 Å². The van der Waals surface area contributed by atoms with Gasteiger partial charge in [-0.3, -0.25) is 0 Å². The molecule has 1 unspecified atom stereocenters. The normalized spacial score (nSPS) is 16.6. The van der Waals surface area contributed by atoms with Crippen LogP contribution in [0.15, 0.2) is 23.1 Å². The highest BCUT2D eigenvalue weighted by Gasteiger charge is 2.24. The highest BCUT2D eigenvalue weighted by atomic mass is 32.2. The van der Waals surface area contributed by atoms with Gasteiger partial charge in [-0.2, -0.15) is 0 Å². The predicted octanol–water partition coefficient (Wildman–Crippen LogP) is 2.76. The first-order chi connectivity index (χ1) is 9.40. The highest BCUT2D eigenvalue weighted by Crippen LogP contribution is 2.28. The molecule has 0 radical (unpaired) electrons. The zero-order chi connectivity index (χ0) is 14.8. The lowest BCUT2D eigenvalue weighted by atomic mass is 10.0. The summed E-state index contributed by atoms with van der Waals surface area (Å²) in [6, 6.07) is 5.41. The van der Waals surface area contributed by atoms with Gasteiger partial charge < -0.3 is 5.32 Å². The van der Waals surface area contributed by atoms with E-state index in [9.17, 15) is 8.42 Å². The average Bonchev–Trinajstić information content (AvgIpc) is 2.36. The lowest BCUT2D eigenvalue weighted by molar-refractivity contribution is 0.482. The molecule has 0 bridgehead atoms. The number of anilines is 1. The van der Waals surface area contributed by atoms with Crippen molar-refractivity contribution in [1.82, 2.24) is 4.72 Å². The van der Waals surface area contributed by atoms with Gasteiger partial charge in [-0.1, -0.05) is 19.9 Å². The second kappa shape index (κ2) is 6.14. The Morgan fingerprint density at radius 2 is 2.05 bits per heavy atom. The summed E-state index contributed by atoms with van der Waals surface area (Å²) in [6.45, 7) is 7.02. The van der Waals surface area contributed by atoms with Crippen LogP contribution in [0, 0.1) is 5.92 Å². The summed E-state index contributed by atoms with van der Waals surface area (Å²) in [5, 5.41) is 3.27. The van der Waals surface area contributed by atoms with Crippen LogP contribution in [0.4, 0.5) is 5.69 Å². The molecule has 0 saturated heterocycles. The van der Waals surface area contributed by atoms with Gasteiger partial charge >= 0.3 is 0 Å². The van der Waals surface area contributed by atoms with E-state index in [-0.39, 0.29) is 6.04 Å². The topological polar surface area (TPSA) is 58.2 Å². The Hall–Kier alpha value is -1.07. The molecule has 1 aliphatic heterocycles. The maximum Gasteiger partial charge on any atom is 0.241 e. The van der Waals surface area contributed by atoms with Crippen molar-refractivity contribution in [3.63, 3.8) is 0 Å². The van der Waals surface area contributed by atoms with Gasteiger partial charge in [0.2, 0.25) is 10.0 Å². The third-order valence-corrected chi connectivity index (χ3v) is 5.20. The van der Waals surface area contributed by atoms with Gasteiger partial charge in [-0.15, -0.1) is 0 Å². The minimum Gasteiger partial charge on any atom is -0.385 e. The molecule has 1 aromatic rings.